The summed E-state index contributed by atoms with van der Waals surface area (Å²) in [5.74, 6) is 0. The summed E-state index contributed by atoms with van der Waals surface area (Å²) in [6.07, 6.45) is 1.09. The monoisotopic (exact) mass is 262 g/mol. The van der Waals surface area contributed by atoms with Crippen LogP contribution >= 0.6 is 23.4 Å². The standard InChI is InChI=1S/C15H15ClS/c1-3-12-4-9-15(11(2)10-12)17-14-7-5-13(16)6-8-14/h4-10H,3H2,1-2H3. The van der Waals surface area contributed by atoms with E-state index in [0.717, 1.165) is 11.4 Å². The highest BCUT2D eigenvalue weighted by atomic mass is 35.5. The highest BCUT2D eigenvalue weighted by Gasteiger charge is 2.02. The molecule has 0 radical (unpaired) electrons. The third-order valence-electron chi connectivity index (χ3n) is 2.69. The molecule has 0 aromatic heterocycles. The lowest BCUT2D eigenvalue weighted by atomic mass is 10.1. The average Bonchev–Trinajstić information content (AvgIpc) is 2.34. The van der Waals surface area contributed by atoms with E-state index in [1.54, 1.807) is 11.8 Å². The van der Waals surface area contributed by atoms with Crippen molar-refractivity contribution in [2.45, 2.75) is 30.1 Å². The van der Waals surface area contributed by atoms with E-state index < -0.39 is 0 Å². The lowest BCUT2D eigenvalue weighted by molar-refractivity contribution is 1.11. The molecular formula is C15H15ClS. The van der Waals surface area contributed by atoms with Crippen molar-refractivity contribution < 1.29 is 0 Å². The van der Waals surface area contributed by atoms with Crippen molar-refractivity contribution in [3.8, 4) is 0 Å². The van der Waals surface area contributed by atoms with Crippen molar-refractivity contribution in [3.05, 3.63) is 58.6 Å². The van der Waals surface area contributed by atoms with Crippen molar-refractivity contribution in [1.82, 2.24) is 0 Å². The molecule has 0 aliphatic rings. The summed E-state index contributed by atoms with van der Waals surface area (Å²) in [7, 11) is 0. The van der Waals surface area contributed by atoms with Crippen LogP contribution in [0, 0.1) is 6.92 Å². The zero-order chi connectivity index (χ0) is 12.3. The number of benzene rings is 2. The van der Waals surface area contributed by atoms with Crippen molar-refractivity contribution in [2.75, 3.05) is 0 Å². The molecule has 2 aromatic carbocycles. The maximum Gasteiger partial charge on any atom is 0.0406 e. The Morgan fingerprint density at radius 1 is 1.06 bits per heavy atom. The maximum absolute atomic E-state index is 5.88. The fourth-order valence-corrected chi connectivity index (χ4v) is 2.68. The Hall–Kier alpha value is -0.920. The second-order valence-corrected chi connectivity index (χ2v) is 5.56. The first-order valence-corrected chi connectivity index (χ1v) is 6.91. The summed E-state index contributed by atoms with van der Waals surface area (Å²) < 4.78 is 0. The predicted octanol–water partition coefficient (Wildman–Crippen LogP) is 5.36. The van der Waals surface area contributed by atoms with Gasteiger partial charge >= 0.3 is 0 Å². The van der Waals surface area contributed by atoms with E-state index in [1.807, 2.05) is 12.1 Å². The van der Waals surface area contributed by atoms with Gasteiger partial charge in [0.05, 0.1) is 0 Å². The second kappa shape index (κ2) is 5.61. The van der Waals surface area contributed by atoms with Crippen molar-refractivity contribution in [2.24, 2.45) is 0 Å². The number of halogens is 1. The molecule has 0 N–H and O–H groups in total. The smallest absolute Gasteiger partial charge is 0.0406 e. The normalized spacial score (nSPS) is 10.5. The van der Waals surface area contributed by atoms with Crippen LogP contribution in [-0.2, 0) is 6.42 Å². The Morgan fingerprint density at radius 2 is 1.76 bits per heavy atom. The lowest BCUT2D eigenvalue weighted by Gasteiger charge is -2.07. The molecule has 0 unspecified atom stereocenters. The molecule has 0 nitrogen and oxygen atoms in total. The van der Waals surface area contributed by atoms with Crippen LogP contribution in [0.1, 0.15) is 18.1 Å². The van der Waals surface area contributed by atoms with Crippen LogP contribution in [0.15, 0.2) is 52.3 Å². The van der Waals surface area contributed by atoms with Gasteiger partial charge in [-0.25, -0.2) is 0 Å². The highest BCUT2D eigenvalue weighted by molar-refractivity contribution is 7.99. The Morgan fingerprint density at radius 3 is 2.35 bits per heavy atom. The van der Waals surface area contributed by atoms with E-state index >= 15 is 0 Å². The van der Waals surface area contributed by atoms with Crippen LogP contribution in [0.3, 0.4) is 0 Å². The molecule has 0 saturated heterocycles. The summed E-state index contributed by atoms with van der Waals surface area (Å²) in [5, 5.41) is 0.785. The van der Waals surface area contributed by atoms with Crippen LogP contribution in [0.2, 0.25) is 5.02 Å². The predicted molar refractivity (Wildman–Crippen MR) is 76.1 cm³/mol. The first kappa shape index (κ1) is 12.5. The third kappa shape index (κ3) is 3.27. The molecule has 2 aromatic rings. The van der Waals surface area contributed by atoms with Crippen molar-refractivity contribution >= 4 is 23.4 Å². The molecular weight excluding hydrogens is 248 g/mol. The Bertz CT molecular complexity index is 503. The van der Waals surface area contributed by atoms with Crippen LogP contribution in [0.25, 0.3) is 0 Å². The highest BCUT2D eigenvalue weighted by Crippen LogP contribution is 2.31. The van der Waals surface area contributed by atoms with E-state index in [9.17, 15) is 0 Å². The quantitative estimate of drug-likeness (QED) is 0.717. The SMILES string of the molecule is CCc1ccc(Sc2ccc(Cl)cc2)c(C)c1. The Kier molecular flexibility index (Phi) is 4.14. The van der Waals surface area contributed by atoms with Gasteiger partial charge < -0.3 is 0 Å². The molecule has 0 heterocycles. The molecule has 0 spiro atoms. The molecule has 0 aliphatic carbocycles. The lowest BCUT2D eigenvalue weighted by Crippen LogP contribution is -1.85. The average molecular weight is 263 g/mol. The summed E-state index contributed by atoms with van der Waals surface area (Å²) in [6.45, 7) is 4.35. The second-order valence-electron chi connectivity index (χ2n) is 4.01. The molecule has 0 atom stereocenters. The summed E-state index contributed by atoms with van der Waals surface area (Å²) in [6, 6.07) is 14.6. The summed E-state index contributed by atoms with van der Waals surface area (Å²) in [4.78, 5) is 2.53. The van der Waals surface area contributed by atoms with Gasteiger partial charge in [0.1, 0.15) is 0 Å². The van der Waals surface area contributed by atoms with Gasteiger partial charge in [-0.1, -0.05) is 42.4 Å². The Balaban J connectivity index is 2.21. The molecule has 0 bridgehead atoms. The van der Waals surface area contributed by atoms with E-state index in [2.05, 4.69) is 44.2 Å². The van der Waals surface area contributed by atoms with Crippen LogP contribution in [0.5, 0.6) is 0 Å². The number of hydrogen-bond donors (Lipinski definition) is 0. The molecule has 88 valence electrons. The minimum atomic E-state index is 0.785. The zero-order valence-electron chi connectivity index (χ0n) is 10.0. The van der Waals surface area contributed by atoms with Gasteiger partial charge in [0.25, 0.3) is 0 Å². The van der Waals surface area contributed by atoms with Gasteiger partial charge in [-0.15, -0.1) is 0 Å². The number of hydrogen-bond acceptors (Lipinski definition) is 1. The summed E-state index contributed by atoms with van der Waals surface area (Å²) in [5.41, 5.74) is 2.73. The summed E-state index contributed by atoms with van der Waals surface area (Å²) >= 11 is 7.66. The first-order chi connectivity index (χ1) is 8.19. The van der Waals surface area contributed by atoms with Gasteiger partial charge in [-0.05, 0) is 54.8 Å². The molecule has 0 amide bonds. The molecule has 0 saturated carbocycles. The minimum Gasteiger partial charge on any atom is -0.0898 e. The maximum atomic E-state index is 5.88. The minimum absolute atomic E-state index is 0.785. The topological polar surface area (TPSA) is 0 Å². The van der Waals surface area contributed by atoms with E-state index in [1.165, 1.54) is 20.9 Å². The zero-order valence-corrected chi connectivity index (χ0v) is 11.6. The number of aryl methyl sites for hydroxylation is 2. The van der Waals surface area contributed by atoms with Crippen LogP contribution < -0.4 is 0 Å². The van der Waals surface area contributed by atoms with Gasteiger partial charge in [0, 0.05) is 14.8 Å². The van der Waals surface area contributed by atoms with Crippen molar-refractivity contribution in [1.29, 1.82) is 0 Å². The number of rotatable bonds is 3. The van der Waals surface area contributed by atoms with E-state index in [-0.39, 0.29) is 0 Å². The van der Waals surface area contributed by atoms with E-state index in [0.29, 0.717) is 0 Å². The van der Waals surface area contributed by atoms with Gasteiger partial charge in [-0.3, -0.25) is 0 Å². The molecule has 2 rings (SSSR count). The molecule has 0 aliphatic heterocycles. The fourth-order valence-electron chi connectivity index (χ4n) is 1.68. The van der Waals surface area contributed by atoms with Crippen molar-refractivity contribution in [3.63, 3.8) is 0 Å². The molecule has 17 heavy (non-hydrogen) atoms. The van der Waals surface area contributed by atoms with Gasteiger partial charge in [0.15, 0.2) is 0 Å². The Labute approximate surface area is 112 Å². The largest absolute Gasteiger partial charge is 0.0898 e. The fraction of sp³-hybridized carbons (Fsp3) is 0.200. The van der Waals surface area contributed by atoms with Gasteiger partial charge in [0.2, 0.25) is 0 Å². The van der Waals surface area contributed by atoms with Crippen LogP contribution in [0.4, 0.5) is 0 Å². The molecule has 0 fully saturated rings. The third-order valence-corrected chi connectivity index (χ3v) is 4.13. The molecule has 2 heteroatoms. The van der Waals surface area contributed by atoms with Crippen LogP contribution in [-0.4, -0.2) is 0 Å². The first-order valence-electron chi connectivity index (χ1n) is 5.72. The van der Waals surface area contributed by atoms with E-state index in [4.69, 9.17) is 11.6 Å². The van der Waals surface area contributed by atoms with Gasteiger partial charge in [-0.2, -0.15) is 0 Å².